The Morgan fingerprint density at radius 3 is 2.48 bits per heavy atom. The van der Waals surface area contributed by atoms with Gasteiger partial charge in [0.15, 0.2) is 0 Å². The Morgan fingerprint density at radius 1 is 0.815 bits per heavy atom. The molecule has 0 aliphatic heterocycles. The molecule has 0 bridgehead atoms. The van der Waals surface area contributed by atoms with E-state index < -0.39 is 0 Å². The summed E-state index contributed by atoms with van der Waals surface area (Å²) in [5.74, 6) is 0.915. The molecule has 0 saturated carbocycles. The molecule has 0 fully saturated rings. The van der Waals surface area contributed by atoms with Crippen molar-refractivity contribution in [3.63, 3.8) is 0 Å². The second kappa shape index (κ2) is 5.95. The van der Waals surface area contributed by atoms with Gasteiger partial charge >= 0.3 is 0 Å². The second-order valence-electron chi connectivity index (χ2n) is 6.66. The number of aromatic nitrogens is 3. The molecule has 5 rings (SSSR count). The topological polar surface area (TPSA) is 56.2 Å². The zero-order valence-electron chi connectivity index (χ0n) is 14.9. The monoisotopic (exact) mass is 350 g/mol. The molecule has 0 aliphatic rings. The molecule has 2 N–H and O–H groups in total. The highest BCUT2D eigenvalue weighted by atomic mass is 15.0. The Bertz CT molecular complexity index is 1290. The van der Waals surface area contributed by atoms with E-state index in [1.165, 1.54) is 0 Å². The minimum Gasteiger partial charge on any atom is -0.397 e. The average Bonchev–Trinajstić information content (AvgIpc) is 3.06. The van der Waals surface area contributed by atoms with Crippen molar-refractivity contribution in [2.45, 2.75) is 6.92 Å². The number of benzene rings is 2. The first kappa shape index (κ1) is 15.6. The third-order valence-electron chi connectivity index (χ3n) is 4.91. The van der Waals surface area contributed by atoms with Crippen LogP contribution in [-0.2, 0) is 0 Å². The molecule has 4 heteroatoms. The van der Waals surface area contributed by atoms with Crippen molar-refractivity contribution in [3.8, 4) is 22.5 Å². The molecule has 27 heavy (non-hydrogen) atoms. The number of nitrogen functional groups attached to an aromatic ring is 1. The normalized spacial score (nSPS) is 11.3. The van der Waals surface area contributed by atoms with E-state index in [-0.39, 0.29) is 0 Å². The van der Waals surface area contributed by atoms with Crippen LogP contribution >= 0.6 is 0 Å². The van der Waals surface area contributed by atoms with E-state index in [9.17, 15) is 0 Å². The van der Waals surface area contributed by atoms with Gasteiger partial charge in [-0.1, -0.05) is 48.5 Å². The lowest BCUT2D eigenvalue weighted by Gasteiger charge is -2.06. The zero-order valence-corrected chi connectivity index (χ0v) is 14.9. The van der Waals surface area contributed by atoms with Gasteiger partial charge in [0.25, 0.3) is 0 Å². The van der Waals surface area contributed by atoms with Crippen LogP contribution in [0, 0.1) is 6.92 Å². The number of nitrogens with two attached hydrogens (primary N) is 1. The Balaban J connectivity index is 1.71. The molecular weight excluding hydrogens is 332 g/mol. The molecule has 3 aromatic heterocycles. The van der Waals surface area contributed by atoms with Crippen LogP contribution in [0.3, 0.4) is 0 Å². The fraction of sp³-hybridized carbons (Fsp3) is 0.0435. The quantitative estimate of drug-likeness (QED) is 0.481. The van der Waals surface area contributed by atoms with Crippen LogP contribution in [0.15, 0.2) is 79.0 Å². The number of fused-ring (bicyclic) bond motifs is 2. The number of imidazole rings is 1. The number of pyridine rings is 2. The average molecular weight is 350 g/mol. The summed E-state index contributed by atoms with van der Waals surface area (Å²) in [4.78, 5) is 9.64. The van der Waals surface area contributed by atoms with Crippen LogP contribution in [0.25, 0.3) is 38.9 Å². The first-order chi connectivity index (χ1) is 13.2. The van der Waals surface area contributed by atoms with Crippen LogP contribution in [0.1, 0.15) is 5.82 Å². The Hall–Kier alpha value is -3.66. The lowest BCUT2D eigenvalue weighted by atomic mass is 10.1. The summed E-state index contributed by atoms with van der Waals surface area (Å²) in [5.41, 5.74) is 12.8. The smallest absolute Gasteiger partial charge is 0.110 e. The predicted octanol–water partition coefficient (Wildman–Crippen LogP) is 5.11. The summed E-state index contributed by atoms with van der Waals surface area (Å²) in [6, 6.07) is 24.5. The van der Waals surface area contributed by atoms with E-state index in [1.54, 1.807) is 0 Å². The van der Waals surface area contributed by atoms with Crippen molar-refractivity contribution in [2.75, 3.05) is 5.73 Å². The van der Waals surface area contributed by atoms with E-state index in [2.05, 4.69) is 42.5 Å². The first-order valence-electron chi connectivity index (χ1n) is 8.90. The Morgan fingerprint density at radius 2 is 1.63 bits per heavy atom. The van der Waals surface area contributed by atoms with Gasteiger partial charge in [0.2, 0.25) is 0 Å². The largest absolute Gasteiger partial charge is 0.397 e. The van der Waals surface area contributed by atoms with Crippen molar-refractivity contribution >= 4 is 22.1 Å². The van der Waals surface area contributed by atoms with Gasteiger partial charge in [0.05, 0.1) is 28.1 Å². The van der Waals surface area contributed by atoms with Gasteiger partial charge < -0.3 is 10.1 Å². The molecule has 130 valence electrons. The molecule has 0 unspecified atom stereocenters. The van der Waals surface area contributed by atoms with Crippen molar-refractivity contribution in [1.82, 2.24) is 14.4 Å². The van der Waals surface area contributed by atoms with Gasteiger partial charge in [-0.15, -0.1) is 0 Å². The van der Waals surface area contributed by atoms with Gasteiger partial charge in [0, 0.05) is 22.7 Å². The molecule has 0 aliphatic carbocycles. The number of hydrogen-bond donors (Lipinski definition) is 1. The van der Waals surface area contributed by atoms with Crippen LogP contribution < -0.4 is 5.73 Å². The minimum atomic E-state index is 0.721. The van der Waals surface area contributed by atoms with E-state index in [0.717, 1.165) is 50.4 Å². The summed E-state index contributed by atoms with van der Waals surface area (Å²) in [6.45, 7) is 1.99. The van der Waals surface area contributed by atoms with Gasteiger partial charge in [-0.05, 0) is 31.2 Å². The predicted molar refractivity (Wildman–Crippen MR) is 111 cm³/mol. The summed E-state index contributed by atoms with van der Waals surface area (Å²) in [5, 5.41) is 1.10. The number of aryl methyl sites for hydroxylation is 1. The first-order valence-corrected chi connectivity index (χ1v) is 8.90. The summed E-state index contributed by atoms with van der Waals surface area (Å²) in [6.07, 6.45) is 1.99. The van der Waals surface area contributed by atoms with Crippen LogP contribution in [0.5, 0.6) is 0 Å². The third kappa shape index (κ3) is 2.54. The minimum absolute atomic E-state index is 0.721. The second-order valence-corrected chi connectivity index (χ2v) is 6.66. The SMILES string of the molecule is Cc1nc(-c2ccc3ccc(-c4ccccc4)nc3c2)c2c(N)cccn12. The van der Waals surface area contributed by atoms with Gasteiger partial charge in [0.1, 0.15) is 5.82 Å². The molecule has 0 spiro atoms. The van der Waals surface area contributed by atoms with Crippen molar-refractivity contribution in [3.05, 3.63) is 84.8 Å². The highest BCUT2D eigenvalue weighted by Gasteiger charge is 2.13. The number of nitrogens with zero attached hydrogens (tertiary/aromatic N) is 3. The van der Waals surface area contributed by atoms with Crippen molar-refractivity contribution in [1.29, 1.82) is 0 Å². The number of rotatable bonds is 2. The molecule has 5 aromatic rings. The molecule has 0 amide bonds. The van der Waals surface area contributed by atoms with E-state index in [1.807, 2.05) is 47.9 Å². The highest BCUT2D eigenvalue weighted by molar-refractivity contribution is 5.92. The molecule has 0 atom stereocenters. The maximum atomic E-state index is 6.24. The van der Waals surface area contributed by atoms with E-state index in [0.29, 0.717) is 0 Å². The molecule has 0 radical (unpaired) electrons. The third-order valence-corrected chi connectivity index (χ3v) is 4.91. The zero-order chi connectivity index (χ0) is 18.4. The lowest BCUT2D eigenvalue weighted by Crippen LogP contribution is -1.93. The van der Waals surface area contributed by atoms with E-state index >= 15 is 0 Å². The summed E-state index contributed by atoms with van der Waals surface area (Å²) >= 11 is 0. The highest BCUT2D eigenvalue weighted by Crippen LogP contribution is 2.31. The lowest BCUT2D eigenvalue weighted by molar-refractivity contribution is 1.05. The number of hydrogen-bond acceptors (Lipinski definition) is 3. The van der Waals surface area contributed by atoms with Crippen LogP contribution in [-0.4, -0.2) is 14.4 Å². The summed E-state index contributed by atoms with van der Waals surface area (Å²) in [7, 11) is 0. The van der Waals surface area contributed by atoms with Crippen molar-refractivity contribution in [2.24, 2.45) is 0 Å². The maximum Gasteiger partial charge on any atom is 0.110 e. The molecular formula is C23H18N4. The fourth-order valence-corrected chi connectivity index (χ4v) is 3.55. The Kier molecular flexibility index (Phi) is 3.44. The molecule has 2 aromatic carbocycles. The van der Waals surface area contributed by atoms with E-state index in [4.69, 9.17) is 15.7 Å². The van der Waals surface area contributed by atoms with Crippen LogP contribution in [0.4, 0.5) is 5.69 Å². The molecule has 3 heterocycles. The molecule has 4 nitrogen and oxygen atoms in total. The maximum absolute atomic E-state index is 6.24. The van der Waals surface area contributed by atoms with Crippen molar-refractivity contribution < 1.29 is 0 Å². The fourth-order valence-electron chi connectivity index (χ4n) is 3.55. The van der Waals surface area contributed by atoms with Crippen LogP contribution in [0.2, 0.25) is 0 Å². The van der Waals surface area contributed by atoms with Gasteiger partial charge in [-0.3, -0.25) is 0 Å². The van der Waals surface area contributed by atoms with Gasteiger partial charge in [-0.25, -0.2) is 9.97 Å². The standard InChI is InChI=1S/C23H18N4/c1-15-25-22(23-19(24)8-5-13-27(15)23)18-10-9-17-11-12-20(26-21(17)14-18)16-6-3-2-4-7-16/h2-14H,24H2,1H3. The molecule has 0 saturated heterocycles. The summed E-state index contributed by atoms with van der Waals surface area (Å²) < 4.78 is 2.03. The van der Waals surface area contributed by atoms with Gasteiger partial charge in [-0.2, -0.15) is 0 Å². The Labute approximate surface area is 156 Å². The number of anilines is 1.